The monoisotopic (exact) mass is 326 g/mol. The molecule has 0 aliphatic heterocycles. The van der Waals surface area contributed by atoms with Crippen LogP contribution in [0.3, 0.4) is 0 Å². The van der Waals surface area contributed by atoms with Crippen LogP contribution in [-0.4, -0.2) is 17.3 Å². The number of benzene rings is 2. The number of Topliss-reactive ketones (excluding diaryl/α,β-unsaturated/α-hetero) is 1. The lowest BCUT2D eigenvalue weighted by Gasteiger charge is -2.17. The van der Waals surface area contributed by atoms with Gasteiger partial charge in [0.15, 0.2) is 17.3 Å². The highest BCUT2D eigenvalue weighted by Gasteiger charge is 2.42. The smallest absolute Gasteiger partial charge is 0.229 e. The summed E-state index contributed by atoms with van der Waals surface area (Å²) in [6, 6.07) is 13.8. The molecule has 4 nitrogen and oxygen atoms in total. The fourth-order valence-corrected chi connectivity index (χ4v) is 3.57. The zero-order valence-electron chi connectivity index (χ0n) is 13.0. The Morgan fingerprint density at radius 2 is 1.12 bits per heavy atom. The molecule has 2 aliphatic rings. The van der Waals surface area contributed by atoms with Gasteiger partial charge in [-0.15, -0.1) is 0 Å². The maximum Gasteiger partial charge on any atom is 0.229 e. The molecule has 3 aromatic rings. The van der Waals surface area contributed by atoms with Crippen LogP contribution in [0.5, 0.6) is 0 Å². The van der Waals surface area contributed by atoms with E-state index in [9.17, 15) is 14.4 Å². The van der Waals surface area contributed by atoms with Gasteiger partial charge in [0.25, 0.3) is 0 Å². The van der Waals surface area contributed by atoms with E-state index in [0.29, 0.717) is 27.8 Å². The Hall–Kier alpha value is -3.53. The van der Waals surface area contributed by atoms with Crippen LogP contribution in [0, 0.1) is 0 Å². The van der Waals surface area contributed by atoms with Crippen LogP contribution in [0.2, 0.25) is 0 Å². The van der Waals surface area contributed by atoms with Crippen molar-refractivity contribution in [2.24, 2.45) is 0 Å². The minimum atomic E-state index is -0.379. The topological polar surface area (TPSA) is 64.3 Å². The molecule has 0 saturated carbocycles. The third kappa shape index (κ3) is 1.58. The van der Waals surface area contributed by atoms with Crippen molar-refractivity contribution >= 4 is 22.9 Å². The highest BCUT2D eigenvalue weighted by atomic mass is 16.4. The van der Waals surface area contributed by atoms with E-state index in [1.807, 2.05) is 6.07 Å². The molecule has 0 saturated heterocycles. The Bertz CT molecular complexity index is 1160. The van der Waals surface area contributed by atoms with Gasteiger partial charge in [-0.25, -0.2) is 0 Å². The van der Waals surface area contributed by atoms with E-state index in [2.05, 4.69) is 6.58 Å². The number of hydrogen-bond acceptors (Lipinski definition) is 4. The number of rotatable bonds is 0. The molecule has 118 valence electrons. The van der Waals surface area contributed by atoms with E-state index < -0.39 is 0 Å². The molecule has 2 aliphatic carbocycles. The van der Waals surface area contributed by atoms with Gasteiger partial charge in [0.2, 0.25) is 5.78 Å². The molecule has 25 heavy (non-hydrogen) atoms. The Morgan fingerprint density at radius 3 is 1.80 bits per heavy atom. The van der Waals surface area contributed by atoms with E-state index in [-0.39, 0.29) is 40.0 Å². The highest BCUT2D eigenvalue weighted by Crippen LogP contribution is 2.44. The van der Waals surface area contributed by atoms with Crippen LogP contribution in [0.25, 0.3) is 16.9 Å². The number of furan rings is 1. The Kier molecular flexibility index (Phi) is 2.50. The van der Waals surface area contributed by atoms with Gasteiger partial charge in [0.1, 0.15) is 5.76 Å². The van der Waals surface area contributed by atoms with Gasteiger partial charge in [-0.1, -0.05) is 55.1 Å². The quantitative estimate of drug-likeness (QED) is 0.459. The normalized spacial score (nSPS) is 14.7. The maximum absolute atomic E-state index is 13.0. The molecule has 0 N–H and O–H groups in total. The molecule has 1 aromatic heterocycles. The second-order valence-electron chi connectivity index (χ2n) is 6.07. The van der Waals surface area contributed by atoms with E-state index in [1.165, 1.54) is 0 Å². The third-order valence-electron chi connectivity index (χ3n) is 4.76. The van der Waals surface area contributed by atoms with Crippen LogP contribution >= 0.6 is 0 Å². The van der Waals surface area contributed by atoms with Gasteiger partial charge in [-0.3, -0.25) is 14.4 Å². The van der Waals surface area contributed by atoms with Gasteiger partial charge in [-0.2, -0.15) is 0 Å². The second kappa shape index (κ2) is 4.51. The van der Waals surface area contributed by atoms with Crippen molar-refractivity contribution in [2.75, 3.05) is 0 Å². The minimum absolute atomic E-state index is 0.0550. The first-order valence-electron chi connectivity index (χ1n) is 7.78. The predicted molar refractivity (Wildman–Crippen MR) is 90.8 cm³/mol. The maximum atomic E-state index is 13.0. The Labute approximate surface area is 142 Å². The molecule has 0 fully saturated rings. The molecule has 5 rings (SSSR count). The van der Waals surface area contributed by atoms with Crippen LogP contribution in [-0.2, 0) is 0 Å². The number of fused-ring (bicyclic) bond motifs is 6. The second-order valence-corrected chi connectivity index (χ2v) is 6.07. The minimum Gasteiger partial charge on any atom is -0.451 e. The first kappa shape index (κ1) is 13.9. The fraction of sp³-hybridized carbons (Fsp3) is 0. The first-order chi connectivity index (χ1) is 12.1. The van der Waals surface area contributed by atoms with Crippen molar-refractivity contribution in [3.8, 4) is 11.3 Å². The number of ketones is 3. The average molecular weight is 326 g/mol. The lowest BCUT2D eigenvalue weighted by atomic mass is 9.80. The number of hydrogen-bond donors (Lipinski definition) is 0. The van der Waals surface area contributed by atoms with E-state index in [1.54, 1.807) is 42.5 Å². The number of carbonyl (C=O) groups excluding carboxylic acids is 3. The zero-order chi connectivity index (χ0) is 17.3. The molecule has 4 heteroatoms. The lowest BCUT2D eigenvalue weighted by Crippen LogP contribution is -2.22. The summed E-state index contributed by atoms with van der Waals surface area (Å²) in [5.41, 5.74) is 2.41. The van der Waals surface area contributed by atoms with Crippen LogP contribution in [0.1, 0.15) is 48.0 Å². The van der Waals surface area contributed by atoms with Crippen molar-refractivity contribution in [1.82, 2.24) is 0 Å². The number of allylic oxidation sites excluding steroid dienone is 1. The highest BCUT2D eigenvalue weighted by molar-refractivity contribution is 6.39. The molecule has 0 bridgehead atoms. The van der Waals surface area contributed by atoms with Crippen LogP contribution in [0.15, 0.2) is 59.5 Å². The summed E-state index contributed by atoms with van der Waals surface area (Å²) >= 11 is 0. The summed E-state index contributed by atoms with van der Waals surface area (Å²) in [5.74, 6) is -0.912. The largest absolute Gasteiger partial charge is 0.451 e. The van der Waals surface area contributed by atoms with Crippen molar-refractivity contribution in [2.45, 2.75) is 0 Å². The third-order valence-corrected chi connectivity index (χ3v) is 4.76. The van der Waals surface area contributed by atoms with Gasteiger partial charge < -0.3 is 4.42 Å². The molecule has 0 radical (unpaired) electrons. The molecule has 0 spiro atoms. The Morgan fingerprint density at radius 1 is 0.600 bits per heavy atom. The molecular formula is C21H10O4. The molecular weight excluding hydrogens is 316 g/mol. The molecule has 1 heterocycles. The van der Waals surface area contributed by atoms with Crippen molar-refractivity contribution < 1.29 is 18.8 Å². The van der Waals surface area contributed by atoms with E-state index >= 15 is 0 Å². The molecule has 0 unspecified atom stereocenters. The standard InChI is InChI=1S/C21H10O4/c1-10-11-6-2-5-9-14(11)20-15(17(10)22)16-18(23)12-7-3-4-8-13(12)19(24)21(16)25-20/h2-9H,1H2. The summed E-state index contributed by atoms with van der Waals surface area (Å²) in [4.78, 5) is 38.6. The SMILES string of the molecule is C=C1C(=O)c2c(oc3c2C(=O)c2ccccc2C3=O)-c2ccccc21. The Balaban J connectivity index is 1.89. The molecule has 2 aromatic carbocycles. The fourth-order valence-electron chi connectivity index (χ4n) is 3.57. The van der Waals surface area contributed by atoms with Crippen molar-refractivity contribution in [3.05, 3.63) is 88.7 Å². The summed E-state index contributed by atoms with van der Waals surface area (Å²) < 4.78 is 5.78. The zero-order valence-corrected chi connectivity index (χ0v) is 13.0. The van der Waals surface area contributed by atoms with Crippen molar-refractivity contribution in [3.63, 3.8) is 0 Å². The first-order valence-corrected chi connectivity index (χ1v) is 7.78. The van der Waals surface area contributed by atoms with Gasteiger partial charge in [-0.05, 0) is 5.56 Å². The van der Waals surface area contributed by atoms with Crippen LogP contribution in [0.4, 0.5) is 0 Å². The van der Waals surface area contributed by atoms with Crippen molar-refractivity contribution in [1.29, 1.82) is 0 Å². The summed E-state index contributed by atoms with van der Waals surface area (Å²) in [5, 5.41) is 0. The van der Waals surface area contributed by atoms with E-state index in [4.69, 9.17) is 4.42 Å². The van der Waals surface area contributed by atoms with Gasteiger partial charge in [0.05, 0.1) is 11.1 Å². The van der Waals surface area contributed by atoms with Crippen LogP contribution < -0.4 is 0 Å². The summed E-state index contributed by atoms with van der Waals surface area (Å²) in [7, 11) is 0. The molecule has 0 atom stereocenters. The lowest BCUT2D eigenvalue weighted by molar-refractivity contribution is 0.0959. The van der Waals surface area contributed by atoms with E-state index in [0.717, 1.165) is 0 Å². The predicted octanol–water partition coefficient (Wildman–Crippen LogP) is 3.93. The molecule has 0 amide bonds. The summed E-state index contributed by atoms with van der Waals surface area (Å²) in [6.45, 7) is 3.86. The number of carbonyl (C=O) groups is 3. The average Bonchev–Trinajstić information content (AvgIpc) is 3.05. The summed E-state index contributed by atoms with van der Waals surface area (Å²) in [6.07, 6.45) is 0. The van der Waals surface area contributed by atoms with Gasteiger partial charge in [0, 0.05) is 22.3 Å². The van der Waals surface area contributed by atoms with Gasteiger partial charge >= 0.3 is 0 Å².